The Labute approximate surface area is 84.8 Å². The number of benzene rings is 1. The summed E-state index contributed by atoms with van der Waals surface area (Å²) in [7, 11) is 0. The van der Waals surface area contributed by atoms with Crippen molar-refractivity contribution >= 4 is 10.8 Å². The quantitative estimate of drug-likeness (QED) is 0.660. The van der Waals surface area contributed by atoms with Gasteiger partial charge in [-0.05, 0) is 29.4 Å². The van der Waals surface area contributed by atoms with Crippen molar-refractivity contribution in [3.63, 3.8) is 0 Å². The molecule has 1 nitrogen and oxygen atoms in total. The Morgan fingerprint density at radius 2 is 1.86 bits per heavy atom. The summed E-state index contributed by atoms with van der Waals surface area (Å²) in [4.78, 5) is 4.26. The molecule has 2 aromatic rings. The van der Waals surface area contributed by atoms with E-state index < -0.39 is 0 Å². The average molecular weight is 185 g/mol. The largest absolute Gasteiger partial charge is 0.264 e. The molecule has 72 valence electrons. The number of aryl methyl sites for hydroxylation is 1. The van der Waals surface area contributed by atoms with Crippen LogP contribution in [0.3, 0.4) is 0 Å². The molecule has 0 fully saturated rings. The topological polar surface area (TPSA) is 12.9 Å². The number of rotatable bonds is 1. The maximum atomic E-state index is 4.26. The monoisotopic (exact) mass is 185 g/mol. The standard InChI is InChI=1S/C13H15N/c1-9(2)11-5-4-6-12-10(3)7-14-8-13(11)12/h4-9H,1-3H3. The molecule has 0 radical (unpaired) electrons. The van der Waals surface area contributed by atoms with Crippen LogP contribution in [0.2, 0.25) is 0 Å². The van der Waals surface area contributed by atoms with E-state index in [9.17, 15) is 0 Å². The first-order valence-corrected chi connectivity index (χ1v) is 5.03. The molecule has 0 unspecified atom stereocenters. The van der Waals surface area contributed by atoms with Gasteiger partial charge in [-0.2, -0.15) is 0 Å². The van der Waals surface area contributed by atoms with Crippen molar-refractivity contribution in [3.8, 4) is 0 Å². The minimum absolute atomic E-state index is 0.558. The van der Waals surface area contributed by atoms with Crippen molar-refractivity contribution in [2.45, 2.75) is 26.7 Å². The summed E-state index contributed by atoms with van der Waals surface area (Å²) in [5, 5.41) is 2.62. The Hall–Kier alpha value is -1.37. The summed E-state index contributed by atoms with van der Waals surface area (Å²) in [6.07, 6.45) is 3.89. The van der Waals surface area contributed by atoms with Crippen LogP contribution in [-0.2, 0) is 0 Å². The van der Waals surface area contributed by atoms with Gasteiger partial charge in [-0.3, -0.25) is 4.98 Å². The van der Waals surface area contributed by atoms with Gasteiger partial charge in [0.05, 0.1) is 0 Å². The normalized spacial score (nSPS) is 11.1. The zero-order valence-electron chi connectivity index (χ0n) is 8.91. The first-order valence-electron chi connectivity index (χ1n) is 5.03. The molecule has 0 aliphatic heterocycles. The lowest BCUT2D eigenvalue weighted by atomic mass is 9.96. The van der Waals surface area contributed by atoms with Crippen molar-refractivity contribution in [3.05, 3.63) is 41.7 Å². The van der Waals surface area contributed by atoms with Gasteiger partial charge in [0, 0.05) is 17.8 Å². The number of aromatic nitrogens is 1. The van der Waals surface area contributed by atoms with Crippen LogP contribution >= 0.6 is 0 Å². The molecule has 0 spiro atoms. The molecule has 1 aromatic heterocycles. The maximum absolute atomic E-state index is 4.26. The van der Waals surface area contributed by atoms with Gasteiger partial charge in [0.25, 0.3) is 0 Å². The molecule has 0 N–H and O–H groups in total. The van der Waals surface area contributed by atoms with E-state index >= 15 is 0 Å². The fraction of sp³-hybridized carbons (Fsp3) is 0.308. The summed E-state index contributed by atoms with van der Waals surface area (Å²) in [5.41, 5.74) is 2.64. The van der Waals surface area contributed by atoms with Gasteiger partial charge in [-0.25, -0.2) is 0 Å². The lowest BCUT2D eigenvalue weighted by Gasteiger charge is -2.10. The Bertz CT molecular complexity index is 458. The van der Waals surface area contributed by atoms with Crippen molar-refractivity contribution in [1.29, 1.82) is 0 Å². The van der Waals surface area contributed by atoms with E-state index in [0.717, 1.165) is 0 Å². The van der Waals surface area contributed by atoms with Crippen molar-refractivity contribution in [2.75, 3.05) is 0 Å². The van der Waals surface area contributed by atoms with Crippen molar-refractivity contribution in [2.24, 2.45) is 0 Å². The van der Waals surface area contributed by atoms with E-state index in [2.05, 4.69) is 44.0 Å². The third-order valence-corrected chi connectivity index (χ3v) is 2.66. The van der Waals surface area contributed by atoms with E-state index in [-0.39, 0.29) is 0 Å². The SMILES string of the molecule is Cc1cncc2c(C(C)C)cccc12. The second-order valence-corrected chi connectivity index (χ2v) is 4.05. The van der Waals surface area contributed by atoms with Crippen LogP contribution < -0.4 is 0 Å². The Morgan fingerprint density at radius 1 is 1.07 bits per heavy atom. The van der Waals surface area contributed by atoms with E-state index in [1.165, 1.54) is 21.9 Å². The van der Waals surface area contributed by atoms with Gasteiger partial charge in [-0.1, -0.05) is 32.0 Å². The molecule has 0 atom stereocenters. The van der Waals surface area contributed by atoms with Gasteiger partial charge < -0.3 is 0 Å². The molecule has 1 heterocycles. The minimum atomic E-state index is 0.558. The molecule has 0 saturated carbocycles. The second-order valence-electron chi connectivity index (χ2n) is 4.05. The zero-order chi connectivity index (χ0) is 10.1. The van der Waals surface area contributed by atoms with E-state index in [4.69, 9.17) is 0 Å². The highest BCUT2D eigenvalue weighted by atomic mass is 14.6. The highest BCUT2D eigenvalue weighted by molar-refractivity contribution is 5.87. The third kappa shape index (κ3) is 1.39. The molecule has 0 aliphatic rings. The summed E-state index contributed by atoms with van der Waals surface area (Å²) >= 11 is 0. The van der Waals surface area contributed by atoms with Crippen molar-refractivity contribution in [1.82, 2.24) is 4.98 Å². The highest BCUT2D eigenvalue weighted by Crippen LogP contribution is 2.26. The van der Waals surface area contributed by atoms with Gasteiger partial charge in [0.1, 0.15) is 0 Å². The Balaban J connectivity index is 2.81. The smallest absolute Gasteiger partial charge is 0.0349 e. The molecule has 2 rings (SSSR count). The van der Waals surface area contributed by atoms with Gasteiger partial charge in [0.2, 0.25) is 0 Å². The van der Waals surface area contributed by atoms with Gasteiger partial charge in [-0.15, -0.1) is 0 Å². The number of nitrogens with zero attached hydrogens (tertiary/aromatic N) is 1. The van der Waals surface area contributed by atoms with Crippen LogP contribution in [0.5, 0.6) is 0 Å². The molecular formula is C13H15N. The Kier molecular flexibility index (Phi) is 2.24. The van der Waals surface area contributed by atoms with Crippen LogP contribution in [0.4, 0.5) is 0 Å². The average Bonchev–Trinajstić information content (AvgIpc) is 2.17. The molecule has 0 aliphatic carbocycles. The molecule has 0 saturated heterocycles. The van der Waals surface area contributed by atoms with E-state index in [1.54, 1.807) is 0 Å². The minimum Gasteiger partial charge on any atom is -0.264 e. The van der Waals surface area contributed by atoms with E-state index in [0.29, 0.717) is 5.92 Å². The van der Waals surface area contributed by atoms with Crippen LogP contribution in [0.25, 0.3) is 10.8 Å². The van der Waals surface area contributed by atoms with Crippen LogP contribution in [0.15, 0.2) is 30.6 Å². The fourth-order valence-electron chi connectivity index (χ4n) is 1.87. The van der Waals surface area contributed by atoms with Gasteiger partial charge >= 0.3 is 0 Å². The molecule has 1 aromatic carbocycles. The lowest BCUT2D eigenvalue weighted by Crippen LogP contribution is -1.91. The molecule has 0 amide bonds. The fourth-order valence-corrected chi connectivity index (χ4v) is 1.87. The second kappa shape index (κ2) is 3.41. The molecular weight excluding hydrogens is 170 g/mol. The summed E-state index contributed by atoms with van der Waals surface area (Å²) in [5.74, 6) is 0.558. The van der Waals surface area contributed by atoms with Gasteiger partial charge in [0.15, 0.2) is 0 Å². The zero-order valence-corrected chi connectivity index (χ0v) is 8.91. The van der Waals surface area contributed by atoms with Crippen LogP contribution in [0, 0.1) is 6.92 Å². The number of hydrogen-bond acceptors (Lipinski definition) is 1. The summed E-state index contributed by atoms with van der Waals surface area (Å²) < 4.78 is 0. The molecule has 0 bridgehead atoms. The van der Waals surface area contributed by atoms with Crippen LogP contribution in [0.1, 0.15) is 30.9 Å². The van der Waals surface area contributed by atoms with Crippen molar-refractivity contribution < 1.29 is 0 Å². The lowest BCUT2D eigenvalue weighted by molar-refractivity contribution is 0.875. The number of pyridine rings is 1. The predicted octanol–water partition coefficient (Wildman–Crippen LogP) is 3.67. The molecule has 1 heteroatoms. The summed E-state index contributed by atoms with van der Waals surface area (Å²) in [6.45, 7) is 6.55. The first kappa shape index (κ1) is 9.20. The first-order chi connectivity index (χ1) is 6.70. The number of fused-ring (bicyclic) bond motifs is 1. The number of hydrogen-bond donors (Lipinski definition) is 0. The third-order valence-electron chi connectivity index (χ3n) is 2.66. The van der Waals surface area contributed by atoms with Crippen LogP contribution in [-0.4, -0.2) is 4.98 Å². The summed E-state index contributed by atoms with van der Waals surface area (Å²) in [6, 6.07) is 6.48. The molecule has 14 heavy (non-hydrogen) atoms. The Morgan fingerprint density at radius 3 is 2.57 bits per heavy atom. The maximum Gasteiger partial charge on any atom is 0.0349 e. The predicted molar refractivity (Wildman–Crippen MR) is 60.6 cm³/mol. The highest BCUT2D eigenvalue weighted by Gasteiger charge is 2.05. The van der Waals surface area contributed by atoms with E-state index in [1.807, 2.05) is 12.4 Å².